The number of aromatic nitrogens is 2. The Labute approximate surface area is 64.9 Å². The molecular formula is C9H7N2. The van der Waals surface area contributed by atoms with Crippen molar-refractivity contribution in [1.29, 1.82) is 0 Å². The fourth-order valence-electron chi connectivity index (χ4n) is 0.975. The predicted octanol–water partition coefficient (Wildman–Crippen LogP) is 1.88. The highest BCUT2D eigenvalue weighted by Crippen LogP contribution is 2.13. The first kappa shape index (κ1) is 6.16. The Morgan fingerprint density at radius 2 is 2.45 bits per heavy atom. The van der Waals surface area contributed by atoms with Gasteiger partial charge in [-0.3, -0.25) is 0 Å². The maximum Gasteiger partial charge on any atom is 0.0924 e. The highest BCUT2D eigenvalue weighted by Gasteiger charge is 1.94. The largest absolute Gasteiger partial charge is 0.345 e. The molecule has 1 heterocycles. The minimum Gasteiger partial charge on any atom is -0.345 e. The molecule has 1 radical (unpaired) electrons. The van der Waals surface area contributed by atoms with Gasteiger partial charge >= 0.3 is 0 Å². The van der Waals surface area contributed by atoms with E-state index in [2.05, 4.69) is 16.0 Å². The van der Waals surface area contributed by atoms with E-state index in [1.54, 1.807) is 12.5 Å². The van der Waals surface area contributed by atoms with Crippen molar-refractivity contribution in [2.45, 2.75) is 0 Å². The summed E-state index contributed by atoms with van der Waals surface area (Å²) in [6, 6.07) is 10.8. The summed E-state index contributed by atoms with van der Waals surface area (Å²) in [5, 5.41) is 0. The summed E-state index contributed by atoms with van der Waals surface area (Å²) >= 11 is 0. The van der Waals surface area contributed by atoms with E-state index in [0.29, 0.717) is 0 Å². The molecule has 0 atom stereocenters. The Kier molecular flexibility index (Phi) is 1.44. The van der Waals surface area contributed by atoms with Gasteiger partial charge < -0.3 is 4.98 Å². The van der Waals surface area contributed by atoms with Crippen LogP contribution in [0.2, 0.25) is 0 Å². The van der Waals surface area contributed by atoms with Crippen molar-refractivity contribution in [3.63, 3.8) is 0 Å². The lowest BCUT2D eigenvalue weighted by Gasteiger charge is -1.92. The van der Waals surface area contributed by atoms with Crippen LogP contribution in [0.15, 0.2) is 36.8 Å². The lowest BCUT2D eigenvalue weighted by molar-refractivity contribution is 1.31. The van der Waals surface area contributed by atoms with Crippen LogP contribution >= 0.6 is 0 Å². The molecule has 2 aromatic rings. The Bertz CT molecular complexity index is 311. The molecule has 0 unspecified atom stereocenters. The molecule has 0 spiro atoms. The van der Waals surface area contributed by atoms with E-state index in [-0.39, 0.29) is 0 Å². The van der Waals surface area contributed by atoms with E-state index in [4.69, 9.17) is 0 Å². The summed E-state index contributed by atoms with van der Waals surface area (Å²) in [6.45, 7) is 0. The van der Waals surface area contributed by atoms with Gasteiger partial charge in [-0.05, 0) is 12.1 Å². The Hall–Kier alpha value is -1.57. The fourth-order valence-corrected chi connectivity index (χ4v) is 0.975. The molecule has 1 aromatic heterocycles. The summed E-state index contributed by atoms with van der Waals surface area (Å²) in [5.74, 6) is 0. The number of benzene rings is 1. The molecule has 0 saturated heterocycles. The highest BCUT2D eigenvalue weighted by molar-refractivity contribution is 5.57. The number of hydrogen-bond acceptors (Lipinski definition) is 1. The van der Waals surface area contributed by atoms with E-state index in [1.807, 2.05) is 24.3 Å². The van der Waals surface area contributed by atoms with Gasteiger partial charge in [0.15, 0.2) is 0 Å². The quantitative estimate of drug-likeness (QED) is 0.648. The number of nitrogens with one attached hydrogen (secondary N) is 1. The number of aromatic amines is 1. The minimum absolute atomic E-state index is 1.03. The van der Waals surface area contributed by atoms with Crippen LogP contribution < -0.4 is 0 Å². The molecule has 2 nitrogen and oxygen atoms in total. The molecule has 0 aliphatic heterocycles. The third kappa shape index (κ3) is 1.15. The Balaban J connectivity index is 2.46. The fraction of sp³-hybridized carbons (Fsp3) is 0. The minimum atomic E-state index is 1.03. The predicted molar refractivity (Wildman–Crippen MR) is 42.9 cm³/mol. The van der Waals surface area contributed by atoms with Crippen molar-refractivity contribution < 1.29 is 0 Å². The Morgan fingerprint density at radius 3 is 3.09 bits per heavy atom. The second kappa shape index (κ2) is 2.58. The van der Waals surface area contributed by atoms with Crippen molar-refractivity contribution in [2.24, 2.45) is 0 Å². The van der Waals surface area contributed by atoms with Gasteiger partial charge in [-0.1, -0.05) is 18.2 Å². The Morgan fingerprint density at radius 1 is 1.45 bits per heavy atom. The van der Waals surface area contributed by atoms with E-state index in [1.165, 1.54) is 0 Å². The molecule has 1 N–H and O–H groups in total. The topological polar surface area (TPSA) is 28.7 Å². The summed E-state index contributed by atoms with van der Waals surface area (Å²) in [4.78, 5) is 6.95. The molecule has 0 aliphatic carbocycles. The van der Waals surface area contributed by atoms with Crippen molar-refractivity contribution in [3.05, 3.63) is 42.9 Å². The zero-order valence-corrected chi connectivity index (χ0v) is 5.91. The summed E-state index contributed by atoms with van der Waals surface area (Å²) < 4.78 is 0. The summed E-state index contributed by atoms with van der Waals surface area (Å²) in [7, 11) is 0. The molecule has 2 heteroatoms. The lowest BCUT2D eigenvalue weighted by Crippen LogP contribution is -1.73. The normalized spacial score (nSPS) is 9.82. The smallest absolute Gasteiger partial charge is 0.0924 e. The second-order valence-corrected chi connectivity index (χ2v) is 2.26. The second-order valence-electron chi connectivity index (χ2n) is 2.26. The van der Waals surface area contributed by atoms with Crippen molar-refractivity contribution >= 4 is 0 Å². The first-order valence-corrected chi connectivity index (χ1v) is 3.42. The number of imidazole rings is 1. The summed E-state index contributed by atoms with van der Waals surface area (Å²) in [6.07, 6.45) is 3.46. The van der Waals surface area contributed by atoms with Crippen LogP contribution in [0.5, 0.6) is 0 Å². The van der Waals surface area contributed by atoms with E-state index in [0.717, 1.165) is 11.3 Å². The van der Waals surface area contributed by atoms with Gasteiger partial charge in [0, 0.05) is 5.56 Å². The molecular weight excluding hydrogens is 136 g/mol. The van der Waals surface area contributed by atoms with Gasteiger partial charge in [-0.15, -0.1) is 0 Å². The van der Waals surface area contributed by atoms with Crippen molar-refractivity contribution in [3.8, 4) is 11.3 Å². The van der Waals surface area contributed by atoms with Gasteiger partial charge in [0.1, 0.15) is 0 Å². The van der Waals surface area contributed by atoms with E-state index < -0.39 is 0 Å². The van der Waals surface area contributed by atoms with Crippen LogP contribution in [0.4, 0.5) is 0 Å². The molecule has 2 rings (SSSR count). The lowest BCUT2D eigenvalue weighted by atomic mass is 10.2. The molecule has 0 bridgehead atoms. The molecule has 0 fully saturated rings. The van der Waals surface area contributed by atoms with Crippen LogP contribution in [0, 0.1) is 6.07 Å². The monoisotopic (exact) mass is 143 g/mol. The van der Waals surface area contributed by atoms with E-state index in [9.17, 15) is 0 Å². The average Bonchev–Trinajstić information content (AvgIpc) is 2.58. The highest BCUT2D eigenvalue weighted by atomic mass is 14.9. The number of H-pyrrole nitrogens is 1. The van der Waals surface area contributed by atoms with Crippen molar-refractivity contribution in [2.75, 3.05) is 0 Å². The number of rotatable bonds is 1. The molecule has 0 saturated carbocycles. The number of hydrogen-bond donors (Lipinski definition) is 1. The van der Waals surface area contributed by atoms with Crippen LogP contribution in [-0.2, 0) is 0 Å². The number of nitrogens with zero attached hydrogens (tertiary/aromatic N) is 1. The standard InChI is InChI=1S/C9H7N2/c1-2-4-8(5-3-1)9-6-10-7-11-9/h1-2,4-7H,(H,10,11). The average molecular weight is 143 g/mol. The SMILES string of the molecule is [c]1cccc(-c2cnc[nH]2)c1. The van der Waals surface area contributed by atoms with Crippen LogP contribution in [0.25, 0.3) is 11.3 Å². The molecule has 0 amide bonds. The molecule has 53 valence electrons. The first-order valence-electron chi connectivity index (χ1n) is 3.42. The maximum absolute atomic E-state index is 3.93. The molecule has 1 aromatic carbocycles. The van der Waals surface area contributed by atoms with Gasteiger partial charge in [0.05, 0.1) is 18.2 Å². The van der Waals surface area contributed by atoms with Gasteiger partial charge in [0.25, 0.3) is 0 Å². The molecule has 11 heavy (non-hydrogen) atoms. The molecule has 0 aliphatic rings. The summed E-state index contributed by atoms with van der Waals surface area (Å²) in [5.41, 5.74) is 2.15. The third-order valence-corrected chi connectivity index (χ3v) is 1.52. The zero-order chi connectivity index (χ0) is 7.52. The first-order chi connectivity index (χ1) is 5.47. The zero-order valence-electron chi connectivity index (χ0n) is 5.91. The maximum atomic E-state index is 3.93. The van der Waals surface area contributed by atoms with Crippen LogP contribution in [-0.4, -0.2) is 9.97 Å². The van der Waals surface area contributed by atoms with Gasteiger partial charge in [-0.25, -0.2) is 4.98 Å². The van der Waals surface area contributed by atoms with Gasteiger partial charge in [-0.2, -0.15) is 0 Å². The van der Waals surface area contributed by atoms with Gasteiger partial charge in [0.2, 0.25) is 0 Å². The van der Waals surface area contributed by atoms with Crippen LogP contribution in [0.1, 0.15) is 0 Å². The third-order valence-electron chi connectivity index (χ3n) is 1.52. The van der Waals surface area contributed by atoms with E-state index >= 15 is 0 Å². The van der Waals surface area contributed by atoms with Crippen LogP contribution in [0.3, 0.4) is 0 Å². The van der Waals surface area contributed by atoms with Crippen molar-refractivity contribution in [1.82, 2.24) is 9.97 Å².